The van der Waals surface area contributed by atoms with Crippen LogP contribution in [-0.2, 0) is 11.0 Å². The molecule has 0 saturated carbocycles. The smallest absolute Gasteiger partial charge is 0.369 e. The van der Waals surface area contributed by atoms with Crippen LogP contribution in [0, 0.1) is 5.82 Å². The minimum atomic E-state index is -4.52. The number of amides is 1. The highest BCUT2D eigenvalue weighted by molar-refractivity contribution is 5.93. The minimum absolute atomic E-state index is 0.0173. The van der Waals surface area contributed by atoms with E-state index in [1.54, 1.807) is 12.1 Å². The highest BCUT2D eigenvalue weighted by Gasteiger charge is 2.33. The molecule has 1 N–H and O–H groups in total. The Balaban J connectivity index is 1.54. The molecule has 0 atom stereocenters. The van der Waals surface area contributed by atoms with Crippen molar-refractivity contribution in [3.8, 4) is 0 Å². The SMILES string of the molecule is O=C(CN1CCN(c2ccc(F)cc2)CC1)Nc1ccccc1C(F)(F)F. The molecule has 0 spiro atoms. The van der Waals surface area contributed by atoms with Gasteiger partial charge in [-0.25, -0.2) is 4.39 Å². The number of rotatable bonds is 4. The van der Waals surface area contributed by atoms with Crippen molar-refractivity contribution in [3.63, 3.8) is 0 Å². The maximum atomic E-state index is 13.0. The van der Waals surface area contributed by atoms with Gasteiger partial charge in [-0.3, -0.25) is 9.69 Å². The van der Waals surface area contributed by atoms with Crippen molar-refractivity contribution >= 4 is 17.3 Å². The third-order valence-corrected chi connectivity index (χ3v) is 4.44. The maximum Gasteiger partial charge on any atom is 0.418 e. The molecule has 0 aromatic heterocycles. The van der Waals surface area contributed by atoms with Crippen LogP contribution in [0.2, 0.25) is 0 Å². The predicted molar refractivity (Wildman–Crippen MR) is 95.1 cm³/mol. The van der Waals surface area contributed by atoms with Gasteiger partial charge in [0.1, 0.15) is 5.82 Å². The van der Waals surface area contributed by atoms with Crippen molar-refractivity contribution in [1.82, 2.24) is 4.90 Å². The van der Waals surface area contributed by atoms with E-state index < -0.39 is 17.6 Å². The summed E-state index contributed by atoms with van der Waals surface area (Å²) in [6.07, 6.45) is -4.52. The molecule has 1 amide bonds. The van der Waals surface area contributed by atoms with Crippen molar-refractivity contribution in [2.75, 3.05) is 42.9 Å². The summed E-state index contributed by atoms with van der Waals surface area (Å²) in [5.74, 6) is -0.782. The number of alkyl halides is 3. The van der Waals surface area contributed by atoms with E-state index in [4.69, 9.17) is 0 Å². The average Bonchev–Trinajstić information content (AvgIpc) is 2.62. The first-order valence-electron chi connectivity index (χ1n) is 8.52. The first-order valence-corrected chi connectivity index (χ1v) is 8.52. The van der Waals surface area contributed by atoms with Gasteiger partial charge in [-0.15, -0.1) is 0 Å². The zero-order chi connectivity index (χ0) is 19.4. The third kappa shape index (κ3) is 4.97. The summed E-state index contributed by atoms with van der Waals surface area (Å²) in [5.41, 5.74) is -0.195. The number of piperazine rings is 1. The fourth-order valence-electron chi connectivity index (χ4n) is 3.05. The summed E-state index contributed by atoms with van der Waals surface area (Å²) < 4.78 is 52.0. The van der Waals surface area contributed by atoms with Gasteiger partial charge >= 0.3 is 6.18 Å². The van der Waals surface area contributed by atoms with E-state index in [1.807, 2.05) is 4.90 Å². The molecule has 0 bridgehead atoms. The molecule has 3 rings (SSSR count). The van der Waals surface area contributed by atoms with Gasteiger partial charge in [0.05, 0.1) is 17.8 Å². The molecule has 1 aliphatic rings. The van der Waals surface area contributed by atoms with Gasteiger partial charge in [0.15, 0.2) is 0 Å². The van der Waals surface area contributed by atoms with Gasteiger partial charge in [-0.1, -0.05) is 12.1 Å². The molecule has 0 radical (unpaired) electrons. The zero-order valence-corrected chi connectivity index (χ0v) is 14.5. The van der Waals surface area contributed by atoms with Crippen LogP contribution < -0.4 is 10.2 Å². The molecule has 144 valence electrons. The minimum Gasteiger partial charge on any atom is -0.369 e. The number of nitrogens with one attached hydrogen (secondary N) is 1. The van der Waals surface area contributed by atoms with Crippen LogP contribution in [0.15, 0.2) is 48.5 Å². The molecule has 0 aliphatic carbocycles. The van der Waals surface area contributed by atoms with Gasteiger partial charge in [0.25, 0.3) is 0 Å². The molecule has 2 aromatic carbocycles. The normalized spacial score (nSPS) is 15.6. The zero-order valence-electron chi connectivity index (χ0n) is 14.5. The Bertz CT molecular complexity index is 784. The topological polar surface area (TPSA) is 35.6 Å². The summed E-state index contributed by atoms with van der Waals surface area (Å²) in [7, 11) is 0. The fourth-order valence-corrected chi connectivity index (χ4v) is 3.05. The fraction of sp³-hybridized carbons (Fsp3) is 0.316. The molecule has 1 fully saturated rings. The molecule has 1 saturated heterocycles. The Morgan fingerprint density at radius 1 is 0.963 bits per heavy atom. The van der Waals surface area contributed by atoms with Gasteiger partial charge in [0.2, 0.25) is 5.91 Å². The van der Waals surface area contributed by atoms with Crippen LogP contribution in [0.4, 0.5) is 28.9 Å². The average molecular weight is 381 g/mol. The Morgan fingerprint density at radius 2 is 1.59 bits per heavy atom. The number of benzene rings is 2. The number of carbonyl (C=O) groups excluding carboxylic acids is 1. The molecule has 2 aromatic rings. The van der Waals surface area contributed by atoms with Crippen molar-refractivity contribution in [2.24, 2.45) is 0 Å². The van der Waals surface area contributed by atoms with E-state index >= 15 is 0 Å². The number of para-hydroxylation sites is 1. The Kier molecular flexibility index (Phi) is 5.65. The number of hydrogen-bond acceptors (Lipinski definition) is 3. The molecule has 4 nitrogen and oxygen atoms in total. The van der Waals surface area contributed by atoms with Gasteiger partial charge in [-0.05, 0) is 36.4 Å². The van der Waals surface area contributed by atoms with E-state index in [9.17, 15) is 22.4 Å². The second-order valence-corrected chi connectivity index (χ2v) is 6.33. The highest BCUT2D eigenvalue weighted by Crippen LogP contribution is 2.34. The van der Waals surface area contributed by atoms with E-state index in [1.165, 1.54) is 30.3 Å². The van der Waals surface area contributed by atoms with Crippen LogP contribution in [-0.4, -0.2) is 43.5 Å². The highest BCUT2D eigenvalue weighted by atomic mass is 19.4. The molecule has 1 aliphatic heterocycles. The lowest BCUT2D eigenvalue weighted by Crippen LogP contribution is -2.48. The Hall–Kier alpha value is -2.61. The van der Waals surface area contributed by atoms with Crippen molar-refractivity contribution < 1.29 is 22.4 Å². The lowest BCUT2D eigenvalue weighted by atomic mass is 10.1. The number of carbonyl (C=O) groups is 1. The molecule has 27 heavy (non-hydrogen) atoms. The largest absolute Gasteiger partial charge is 0.418 e. The van der Waals surface area contributed by atoms with Crippen LogP contribution in [0.25, 0.3) is 0 Å². The van der Waals surface area contributed by atoms with Crippen LogP contribution in [0.1, 0.15) is 5.56 Å². The van der Waals surface area contributed by atoms with E-state index in [0.29, 0.717) is 26.2 Å². The first-order chi connectivity index (χ1) is 12.8. The van der Waals surface area contributed by atoms with E-state index in [-0.39, 0.29) is 18.0 Å². The summed E-state index contributed by atoms with van der Waals surface area (Å²) in [4.78, 5) is 16.1. The second kappa shape index (κ2) is 7.96. The second-order valence-electron chi connectivity index (χ2n) is 6.33. The standard InChI is InChI=1S/C19H19F4N3O/c20-14-5-7-15(8-6-14)26-11-9-25(10-12-26)13-18(27)24-17-4-2-1-3-16(17)19(21,22)23/h1-8H,9-13H2,(H,24,27). The van der Waals surface area contributed by atoms with Gasteiger partial charge in [-0.2, -0.15) is 13.2 Å². The van der Waals surface area contributed by atoms with Gasteiger partial charge < -0.3 is 10.2 Å². The quantitative estimate of drug-likeness (QED) is 0.822. The molecular formula is C19H19F4N3O. The summed E-state index contributed by atoms with van der Waals surface area (Å²) in [5, 5.41) is 2.36. The molecule has 8 heteroatoms. The molecule has 0 unspecified atom stereocenters. The monoisotopic (exact) mass is 381 g/mol. The van der Waals surface area contributed by atoms with Crippen LogP contribution >= 0.6 is 0 Å². The van der Waals surface area contributed by atoms with Crippen molar-refractivity contribution in [2.45, 2.75) is 6.18 Å². The van der Waals surface area contributed by atoms with Gasteiger partial charge in [0, 0.05) is 31.9 Å². The lowest BCUT2D eigenvalue weighted by molar-refractivity contribution is -0.137. The van der Waals surface area contributed by atoms with Crippen LogP contribution in [0.3, 0.4) is 0 Å². The Labute approximate surface area is 154 Å². The number of nitrogens with zero attached hydrogens (tertiary/aromatic N) is 2. The van der Waals surface area contributed by atoms with E-state index in [0.717, 1.165) is 11.8 Å². The predicted octanol–water partition coefficient (Wildman–Crippen LogP) is 3.61. The number of hydrogen-bond donors (Lipinski definition) is 1. The number of halogens is 4. The summed E-state index contributed by atoms with van der Waals surface area (Å²) in [6.45, 7) is 2.50. The number of anilines is 2. The third-order valence-electron chi connectivity index (χ3n) is 4.44. The van der Waals surface area contributed by atoms with Crippen molar-refractivity contribution in [3.05, 3.63) is 59.9 Å². The van der Waals surface area contributed by atoms with Crippen molar-refractivity contribution in [1.29, 1.82) is 0 Å². The summed E-state index contributed by atoms with van der Waals surface area (Å²) >= 11 is 0. The van der Waals surface area contributed by atoms with Crippen LogP contribution in [0.5, 0.6) is 0 Å². The van der Waals surface area contributed by atoms with E-state index in [2.05, 4.69) is 10.2 Å². The lowest BCUT2D eigenvalue weighted by Gasteiger charge is -2.35. The Morgan fingerprint density at radius 3 is 2.22 bits per heavy atom. The first kappa shape index (κ1) is 19.2. The molecular weight excluding hydrogens is 362 g/mol. The molecule has 1 heterocycles. The maximum absolute atomic E-state index is 13.0. The summed E-state index contributed by atoms with van der Waals surface area (Å²) in [6, 6.07) is 11.1.